The van der Waals surface area contributed by atoms with E-state index in [-0.39, 0.29) is 18.0 Å². The molecule has 0 radical (unpaired) electrons. The first kappa shape index (κ1) is 14.4. The molecule has 0 aromatic heterocycles. The van der Waals surface area contributed by atoms with Crippen molar-refractivity contribution in [2.75, 3.05) is 26.3 Å². The summed E-state index contributed by atoms with van der Waals surface area (Å²) in [5, 5.41) is 3.20. The molecule has 0 saturated carbocycles. The van der Waals surface area contributed by atoms with E-state index in [1.807, 2.05) is 13.8 Å². The first-order chi connectivity index (χ1) is 8.00. The zero-order valence-corrected chi connectivity index (χ0v) is 11.1. The lowest BCUT2D eigenvalue weighted by molar-refractivity contribution is -0.120. The molecule has 100 valence electrons. The van der Waals surface area contributed by atoms with Crippen molar-refractivity contribution in [1.29, 1.82) is 0 Å². The third-order valence-corrected chi connectivity index (χ3v) is 3.09. The van der Waals surface area contributed by atoms with E-state index in [2.05, 4.69) is 17.1 Å². The number of primary amides is 1. The lowest BCUT2D eigenvalue weighted by Crippen LogP contribution is -2.49. The highest BCUT2D eigenvalue weighted by atomic mass is 16.5. The molecular weight excluding hydrogens is 218 g/mol. The van der Waals surface area contributed by atoms with Crippen molar-refractivity contribution in [2.45, 2.75) is 45.3 Å². The fourth-order valence-electron chi connectivity index (χ4n) is 2.10. The standard InChI is InChI=1S/C12H25N3O2/c1-9(2)14-11(12(13)16)4-5-15-6-7-17-8-10(15)3/h9-11,14H,4-8H2,1-3H3,(H2,13,16). The molecule has 5 heteroatoms. The van der Waals surface area contributed by atoms with Crippen LogP contribution in [-0.2, 0) is 9.53 Å². The van der Waals surface area contributed by atoms with Gasteiger partial charge in [-0.05, 0) is 13.3 Å². The number of nitrogens with two attached hydrogens (primary N) is 1. The minimum absolute atomic E-state index is 0.231. The van der Waals surface area contributed by atoms with E-state index in [1.54, 1.807) is 0 Å². The molecule has 1 aliphatic heterocycles. The Labute approximate surface area is 104 Å². The number of ether oxygens (including phenoxy) is 1. The number of rotatable bonds is 6. The molecule has 0 spiro atoms. The molecule has 0 aromatic carbocycles. The molecule has 2 atom stereocenters. The van der Waals surface area contributed by atoms with Crippen molar-refractivity contribution in [2.24, 2.45) is 5.73 Å². The smallest absolute Gasteiger partial charge is 0.234 e. The number of hydrogen-bond donors (Lipinski definition) is 2. The maximum absolute atomic E-state index is 11.3. The molecule has 1 saturated heterocycles. The van der Waals surface area contributed by atoms with Gasteiger partial charge in [0.25, 0.3) is 0 Å². The molecule has 2 unspecified atom stereocenters. The van der Waals surface area contributed by atoms with Gasteiger partial charge in [0.05, 0.1) is 19.3 Å². The number of morpholine rings is 1. The molecule has 1 rings (SSSR count). The summed E-state index contributed by atoms with van der Waals surface area (Å²) < 4.78 is 5.38. The molecular formula is C12H25N3O2. The van der Waals surface area contributed by atoms with Crippen LogP contribution in [-0.4, -0.2) is 55.2 Å². The predicted molar refractivity (Wildman–Crippen MR) is 67.7 cm³/mol. The molecule has 1 amide bonds. The normalized spacial score (nSPS) is 23.9. The van der Waals surface area contributed by atoms with E-state index < -0.39 is 0 Å². The Balaban J connectivity index is 2.37. The fourth-order valence-corrected chi connectivity index (χ4v) is 2.10. The number of carbonyl (C=O) groups is 1. The summed E-state index contributed by atoms with van der Waals surface area (Å²) in [4.78, 5) is 13.7. The number of hydrogen-bond acceptors (Lipinski definition) is 4. The van der Waals surface area contributed by atoms with Crippen LogP contribution in [0.1, 0.15) is 27.2 Å². The first-order valence-electron chi connectivity index (χ1n) is 6.38. The van der Waals surface area contributed by atoms with Gasteiger partial charge in [0.1, 0.15) is 0 Å². The van der Waals surface area contributed by atoms with Crippen molar-refractivity contribution in [1.82, 2.24) is 10.2 Å². The lowest BCUT2D eigenvalue weighted by atomic mass is 10.1. The third-order valence-electron chi connectivity index (χ3n) is 3.09. The molecule has 1 aliphatic rings. The lowest BCUT2D eigenvalue weighted by Gasteiger charge is -2.34. The average Bonchev–Trinajstić information content (AvgIpc) is 2.25. The Morgan fingerprint density at radius 2 is 2.29 bits per heavy atom. The summed E-state index contributed by atoms with van der Waals surface area (Å²) in [6, 6.07) is 0.469. The van der Waals surface area contributed by atoms with Crippen molar-refractivity contribution < 1.29 is 9.53 Å². The van der Waals surface area contributed by atoms with Crippen LogP contribution in [0.15, 0.2) is 0 Å². The highest BCUT2D eigenvalue weighted by Gasteiger charge is 2.22. The Morgan fingerprint density at radius 3 is 2.82 bits per heavy atom. The topological polar surface area (TPSA) is 67.6 Å². The average molecular weight is 243 g/mol. The van der Waals surface area contributed by atoms with Gasteiger partial charge in [0.2, 0.25) is 5.91 Å². The summed E-state index contributed by atoms with van der Waals surface area (Å²) in [5.41, 5.74) is 5.39. The van der Waals surface area contributed by atoms with Gasteiger partial charge in [0, 0.05) is 25.2 Å². The van der Waals surface area contributed by atoms with Crippen LogP contribution in [0.3, 0.4) is 0 Å². The maximum Gasteiger partial charge on any atom is 0.234 e. The molecule has 1 fully saturated rings. The van der Waals surface area contributed by atoms with E-state index in [0.717, 1.165) is 32.7 Å². The summed E-state index contributed by atoms with van der Waals surface area (Å²) >= 11 is 0. The SMILES string of the molecule is CC(C)NC(CCN1CCOCC1C)C(N)=O. The number of amides is 1. The number of nitrogens with zero attached hydrogens (tertiary/aromatic N) is 1. The van der Waals surface area contributed by atoms with E-state index in [0.29, 0.717) is 6.04 Å². The highest BCUT2D eigenvalue weighted by Crippen LogP contribution is 2.08. The Bertz CT molecular complexity index is 246. The van der Waals surface area contributed by atoms with Gasteiger partial charge in [-0.25, -0.2) is 0 Å². The quantitative estimate of drug-likeness (QED) is 0.686. The summed E-state index contributed by atoms with van der Waals surface area (Å²) in [5.74, 6) is -0.264. The van der Waals surface area contributed by atoms with Gasteiger partial charge in [-0.3, -0.25) is 9.69 Å². The second kappa shape index (κ2) is 6.93. The summed E-state index contributed by atoms with van der Waals surface area (Å²) in [6.07, 6.45) is 0.762. The van der Waals surface area contributed by atoms with E-state index in [9.17, 15) is 4.79 Å². The minimum Gasteiger partial charge on any atom is -0.379 e. The van der Waals surface area contributed by atoms with Crippen molar-refractivity contribution in [3.8, 4) is 0 Å². The van der Waals surface area contributed by atoms with Gasteiger partial charge in [0.15, 0.2) is 0 Å². The van der Waals surface area contributed by atoms with E-state index in [1.165, 1.54) is 0 Å². The molecule has 0 aromatic rings. The van der Waals surface area contributed by atoms with Gasteiger partial charge >= 0.3 is 0 Å². The highest BCUT2D eigenvalue weighted by molar-refractivity contribution is 5.79. The zero-order valence-electron chi connectivity index (χ0n) is 11.1. The maximum atomic E-state index is 11.3. The predicted octanol–water partition coefficient (Wildman–Crippen LogP) is -0.0509. The van der Waals surface area contributed by atoms with Crippen molar-refractivity contribution in [3.05, 3.63) is 0 Å². The summed E-state index contributed by atoms with van der Waals surface area (Å²) in [6.45, 7) is 9.57. The monoisotopic (exact) mass is 243 g/mol. The van der Waals surface area contributed by atoms with Gasteiger partial charge < -0.3 is 15.8 Å². The van der Waals surface area contributed by atoms with Crippen LogP contribution in [0, 0.1) is 0 Å². The third kappa shape index (κ3) is 5.02. The Morgan fingerprint density at radius 1 is 1.59 bits per heavy atom. The van der Waals surface area contributed by atoms with Crippen LogP contribution >= 0.6 is 0 Å². The van der Waals surface area contributed by atoms with E-state index in [4.69, 9.17) is 10.5 Å². The van der Waals surface area contributed by atoms with Gasteiger partial charge in [-0.1, -0.05) is 13.8 Å². The fraction of sp³-hybridized carbons (Fsp3) is 0.917. The van der Waals surface area contributed by atoms with Gasteiger partial charge in [-0.15, -0.1) is 0 Å². The number of nitrogens with one attached hydrogen (secondary N) is 1. The molecule has 17 heavy (non-hydrogen) atoms. The molecule has 3 N–H and O–H groups in total. The second-order valence-electron chi connectivity index (χ2n) is 5.02. The van der Waals surface area contributed by atoms with Crippen molar-refractivity contribution >= 4 is 5.91 Å². The number of carbonyl (C=O) groups excluding carboxylic acids is 1. The Hall–Kier alpha value is -0.650. The zero-order chi connectivity index (χ0) is 12.8. The molecule has 0 aliphatic carbocycles. The first-order valence-corrected chi connectivity index (χ1v) is 6.38. The molecule has 1 heterocycles. The van der Waals surface area contributed by atoms with Gasteiger partial charge in [-0.2, -0.15) is 0 Å². The van der Waals surface area contributed by atoms with Crippen LogP contribution < -0.4 is 11.1 Å². The van der Waals surface area contributed by atoms with Crippen LogP contribution in [0.25, 0.3) is 0 Å². The van der Waals surface area contributed by atoms with Crippen LogP contribution in [0.5, 0.6) is 0 Å². The van der Waals surface area contributed by atoms with Crippen LogP contribution in [0.4, 0.5) is 0 Å². The van der Waals surface area contributed by atoms with E-state index >= 15 is 0 Å². The largest absolute Gasteiger partial charge is 0.379 e. The van der Waals surface area contributed by atoms with Crippen LogP contribution in [0.2, 0.25) is 0 Å². The molecule has 0 bridgehead atoms. The summed E-state index contributed by atoms with van der Waals surface area (Å²) in [7, 11) is 0. The molecule has 5 nitrogen and oxygen atoms in total. The Kier molecular flexibility index (Phi) is 5.88. The van der Waals surface area contributed by atoms with Crippen molar-refractivity contribution in [3.63, 3.8) is 0 Å². The minimum atomic E-state index is -0.264. The second-order valence-corrected chi connectivity index (χ2v) is 5.02.